The zero-order valence-electron chi connectivity index (χ0n) is 17.7. The molecule has 0 aromatic heterocycles. The Morgan fingerprint density at radius 3 is 2.76 bits per heavy atom. The summed E-state index contributed by atoms with van der Waals surface area (Å²) in [5.74, 6) is 0.788. The number of rotatable bonds is 10. The lowest BCUT2D eigenvalue weighted by Crippen LogP contribution is -2.38. The fraction of sp³-hybridized carbons (Fsp3) is 0.696. The van der Waals surface area contributed by atoms with Crippen LogP contribution < -0.4 is 10.1 Å². The van der Waals surface area contributed by atoms with Crippen LogP contribution in [0.4, 0.5) is 0 Å². The molecule has 0 spiro atoms. The summed E-state index contributed by atoms with van der Waals surface area (Å²) in [6, 6.07) is 8.52. The quantitative estimate of drug-likeness (QED) is 0.649. The Hall–Kier alpha value is -1.63. The number of hydrogen-bond acceptors (Lipinski definition) is 5. The largest absolute Gasteiger partial charge is 0.492 e. The fourth-order valence-electron chi connectivity index (χ4n) is 4.04. The van der Waals surface area contributed by atoms with Crippen LogP contribution in [0.3, 0.4) is 0 Å². The molecule has 1 amide bonds. The highest BCUT2D eigenvalue weighted by Gasteiger charge is 2.18. The first-order valence-electron chi connectivity index (χ1n) is 11.1. The van der Waals surface area contributed by atoms with Gasteiger partial charge in [0.1, 0.15) is 19.0 Å². The van der Waals surface area contributed by atoms with Crippen LogP contribution in [0.1, 0.15) is 50.5 Å². The first-order chi connectivity index (χ1) is 14.2. The Balaban J connectivity index is 1.33. The molecule has 1 aliphatic carbocycles. The van der Waals surface area contributed by atoms with Crippen LogP contribution in [0.2, 0.25) is 0 Å². The Labute approximate surface area is 174 Å². The predicted molar refractivity (Wildman–Crippen MR) is 113 cm³/mol. The number of hydrogen-bond donors (Lipinski definition) is 1. The van der Waals surface area contributed by atoms with Gasteiger partial charge in [-0.3, -0.25) is 9.69 Å². The van der Waals surface area contributed by atoms with E-state index in [4.69, 9.17) is 14.2 Å². The van der Waals surface area contributed by atoms with E-state index in [0.29, 0.717) is 19.2 Å². The second kappa shape index (κ2) is 12.2. The lowest BCUT2D eigenvalue weighted by Gasteiger charge is -2.31. The van der Waals surface area contributed by atoms with Gasteiger partial charge in [-0.05, 0) is 50.4 Å². The Bertz CT molecular complexity index is 613. The minimum Gasteiger partial charge on any atom is -0.492 e. The highest BCUT2D eigenvalue weighted by atomic mass is 16.5. The van der Waals surface area contributed by atoms with E-state index in [2.05, 4.69) is 17.3 Å². The van der Waals surface area contributed by atoms with Crippen molar-refractivity contribution in [3.63, 3.8) is 0 Å². The van der Waals surface area contributed by atoms with Gasteiger partial charge in [0.15, 0.2) is 0 Å². The molecular weight excluding hydrogens is 368 g/mol. The SMILES string of the molecule is CN(CCOc1cccc(CNC(=O)COC2CCCCC2)c1)C1CCOCC1. The lowest BCUT2D eigenvalue weighted by molar-refractivity contribution is -0.128. The lowest BCUT2D eigenvalue weighted by atomic mass is 9.98. The average molecular weight is 405 g/mol. The summed E-state index contributed by atoms with van der Waals surface area (Å²) >= 11 is 0. The molecule has 1 N–H and O–H groups in total. The molecule has 1 aromatic carbocycles. The van der Waals surface area contributed by atoms with Gasteiger partial charge in [0.05, 0.1) is 6.10 Å². The fourth-order valence-corrected chi connectivity index (χ4v) is 4.04. The van der Waals surface area contributed by atoms with E-state index < -0.39 is 0 Å². The summed E-state index contributed by atoms with van der Waals surface area (Å²) < 4.78 is 17.1. The molecule has 2 fully saturated rings. The Kier molecular flexibility index (Phi) is 9.25. The van der Waals surface area contributed by atoms with Crippen LogP contribution in [0.15, 0.2) is 24.3 Å². The monoisotopic (exact) mass is 404 g/mol. The van der Waals surface area contributed by atoms with Gasteiger partial charge in [-0.15, -0.1) is 0 Å². The number of nitrogens with zero attached hydrogens (tertiary/aromatic N) is 1. The van der Waals surface area contributed by atoms with Gasteiger partial charge < -0.3 is 19.5 Å². The van der Waals surface area contributed by atoms with Crippen LogP contribution >= 0.6 is 0 Å². The summed E-state index contributed by atoms with van der Waals surface area (Å²) in [7, 11) is 2.15. The number of nitrogens with one attached hydrogen (secondary N) is 1. The highest BCUT2D eigenvalue weighted by Crippen LogP contribution is 2.20. The van der Waals surface area contributed by atoms with Gasteiger partial charge in [-0.25, -0.2) is 0 Å². The summed E-state index contributed by atoms with van der Waals surface area (Å²) in [4.78, 5) is 14.4. The van der Waals surface area contributed by atoms with E-state index in [-0.39, 0.29) is 18.6 Å². The van der Waals surface area contributed by atoms with Crippen LogP contribution in [-0.2, 0) is 20.8 Å². The highest BCUT2D eigenvalue weighted by molar-refractivity contribution is 5.77. The van der Waals surface area contributed by atoms with Crippen molar-refractivity contribution in [1.29, 1.82) is 0 Å². The average Bonchev–Trinajstić information content (AvgIpc) is 2.78. The third-order valence-corrected chi connectivity index (χ3v) is 5.92. The van der Waals surface area contributed by atoms with Gasteiger partial charge in [0.2, 0.25) is 5.91 Å². The second-order valence-electron chi connectivity index (χ2n) is 8.17. The summed E-state index contributed by atoms with van der Waals surface area (Å²) in [5.41, 5.74) is 1.03. The molecule has 1 saturated carbocycles. The number of amides is 1. The Morgan fingerprint density at radius 1 is 1.17 bits per heavy atom. The molecule has 3 rings (SSSR count). The van der Waals surface area contributed by atoms with Crippen molar-refractivity contribution in [2.45, 2.75) is 63.6 Å². The van der Waals surface area contributed by atoms with Crippen molar-refractivity contribution in [3.05, 3.63) is 29.8 Å². The van der Waals surface area contributed by atoms with Gasteiger partial charge in [0.25, 0.3) is 0 Å². The maximum absolute atomic E-state index is 12.1. The normalized spacial score (nSPS) is 18.7. The Morgan fingerprint density at radius 2 is 1.97 bits per heavy atom. The van der Waals surface area contributed by atoms with E-state index in [1.165, 1.54) is 19.3 Å². The van der Waals surface area contributed by atoms with Gasteiger partial charge in [-0.1, -0.05) is 31.4 Å². The molecule has 1 saturated heterocycles. The zero-order chi connectivity index (χ0) is 20.3. The first kappa shape index (κ1) is 22.1. The molecule has 1 aromatic rings. The number of benzene rings is 1. The second-order valence-corrected chi connectivity index (χ2v) is 8.17. The molecule has 0 radical (unpaired) electrons. The molecule has 0 atom stereocenters. The van der Waals surface area contributed by atoms with Gasteiger partial charge in [0, 0.05) is 32.3 Å². The van der Waals surface area contributed by atoms with Crippen molar-refractivity contribution in [1.82, 2.24) is 10.2 Å². The number of ether oxygens (including phenoxy) is 3. The molecule has 6 heteroatoms. The number of carbonyl (C=O) groups excluding carboxylic acids is 1. The molecule has 0 bridgehead atoms. The van der Waals surface area contributed by atoms with Crippen LogP contribution in [0.25, 0.3) is 0 Å². The maximum atomic E-state index is 12.1. The minimum atomic E-state index is -0.0556. The number of likely N-dealkylation sites (N-methyl/N-ethyl adjacent to an activating group) is 1. The van der Waals surface area contributed by atoms with Crippen LogP contribution in [0, 0.1) is 0 Å². The minimum absolute atomic E-state index is 0.0556. The molecule has 162 valence electrons. The summed E-state index contributed by atoms with van der Waals surface area (Å²) in [6.45, 7) is 3.90. The van der Waals surface area contributed by atoms with Gasteiger partial charge in [-0.2, -0.15) is 0 Å². The molecule has 6 nitrogen and oxygen atoms in total. The van der Waals surface area contributed by atoms with Crippen molar-refractivity contribution >= 4 is 5.91 Å². The standard InChI is InChI=1S/C23H36N2O4/c1-25(20-10-13-27-14-11-20)12-15-28-22-9-5-6-19(16-22)17-24-23(26)18-29-21-7-3-2-4-8-21/h5-6,9,16,20-21H,2-4,7-8,10-15,17-18H2,1H3,(H,24,26). The van der Waals surface area contributed by atoms with E-state index in [9.17, 15) is 4.79 Å². The van der Waals surface area contributed by atoms with E-state index in [0.717, 1.165) is 56.8 Å². The van der Waals surface area contributed by atoms with Crippen molar-refractivity contribution < 1.29 is 19.0 Å². The predicted octanol–water partition coefficient (Wildman–Crippen LogP) is 3.14. The van der Waals surface area contributed by atoms with Crippen molar-refractivity contribution in [2.75, 3.05) is 40.0 Å². The van der Waals surface area contributed by atoms with Crippen molar-refractivity contribution in [2.24, 2.45) is 0 Å². The van der Waals surface area contributed by atoms with E-state index >= 15 is 0 Å². The summed E-state index contributed by atoms with van der Waals surface area (Å²) in [6.07, 6.45) is 8.31. The maximum Gasteiger partial charge on any atom is 0.246 e. The first-order valence-corrected chi connectivity index (χ1v) is 11.1. The van der Waals surface area contributed by atoms with Crippen LogP contribution in [-0.4, -0.2) is 63.0 Å². The van der Waals surface area contributed by atoms with E-state index in [1.807, 2.05) is 24.3 Å². The van der Waals surface area contributed by atoms with Crippen molar-refractivity contribution in [3.8, 4) is 5.75 Å². The van der Waals surface area contributed by atoms with Gasteiger partial charge >= 0.3 is 0 Å². The molecule has 2 aliphatic rings. The summed E-state index contributed by atoms with van der Waals surface area (Å²) in [5, 5.41) is 2.94. The topological polar surface area (TPSA) is 60.0 Å². The number of carbonyl (C=O) groups is 1. The molecule has 1 aliphatic heterocycles. The van der Waals surface area contributed by atoms with Crippen LogP contribution in [0.5, 0.6) is 5.75 Å². The third-order valence-electron chi connectivity index (χ3n) is 5.92. The molecule has 0 unspecified atom stereocenters. The molecule has 29 heavy (non-hydrogen) atoms. The molecular formula is C23H36N2O4. The zero-order valence-corrected chi connectivity index (χ0v) is 17.7. The third kappa shape index (κ3) is 7.96. The molecule has 1 heterocycles. The van der Waals surface area contributed by atoms with E-state index in [1.54, 1.807) is 0 Å². The smallest absolute Gasteiger partial charge is 0.246 e.